The zero-order chi connectivity index (χ0) is 14.4. The number of hydrogen-bond acceptors (Lipinski definition) is 2. The van der Waals surface area contributed by atoms with Crippen molar-refractivity contribution in [2.45, 2.75) is 45.6 Å². The van der Waals surface area contributed by atoms with Gasteiger partial charge in [0.05, 0.1) is 5.69 Å². The molecule has 0 radical (unpaired) electrons. The van der Waals surface area contributed by atoms with Crippen LogP contribution < -0.4 is 10.2 Å². The molecular formula is C17H27FN2. The van der Waals surface area contributed by atoms with Crippen molar-refractivity contribution in [2.75, 3.05) is 24.5 Å². The molecule has 3 heteroatoms. The maximum Gasteiger partial charge on any atom is 0.146 e. The van der Waals surface area contributed by atoms with Crippen LogP contribution in [0.15, 0.2) is 24.3 Å². The second-order valence-corrected chi connectivity index (χ2v) is 5.95. The molecule has 1 N–H and O–H groups in total. The summed E-state index contributed by atoms with van der Waals surface area (Å²) >= 11 is 0. The van der Waals surface area contributed by atoms with E-state index in [2.05, 4.69) is 24.1 Å². The second kappa shape index (κ2) is 7.63. The lowest BCUT2D eigenvalue weighted by molar-refractivity contribution is 0.303. The van der Waals surface area contributed by atoms with Gasteiger partial charge in [0, 0.05) is 25.7 Å². The summed E-state index contributed by atoms with van der Waals surface area (Å²) in [5.41, 5.74) is 0.716. The molecule has 1 aliphatic carbocycles. The molecule has 0 spiro atoms. The van der Waals surface area contributed by atoms with Gasteiger partial charge in [0.15, 0.2) is 0 Å². The van der Waals surface area contributed by atoms with Crippen LogP contribution in [0.1, 0.15) is 39.5 Å². The lowest BCUT2D eigenvalue weighted by Gasteiger charge is -2.29. The lowest BCUT2D eigenvalue weighted by atomic mass is 9.87. The van der Waals surface area contributed by atoms with Gasteiger partial charge in [-0.1, -0.05) is 31.9 Å². The first-order valence-electron chi connectivity index (χ1n) is 7.93. The summed E-state index contributed by atoms with van der Waals surface area (Å²) in [5, 5.41) is 3.64. The van der Waals surface area contributed by atoms with Crippen molar-refractivity contribution in [3.05, 3.63) is 30.1 Å². The number of likely N-dealkylation sites (N-methyl/N-ethyl adjacent to an activating group) is 1. The highest BCUT2D eigenvalue weighted by Crippen LogP contribution is 2.23. The average molecular weight is 278 g/mol. The minimum atomic E-state index is -0.124. The van der Waals surface area contributed by atoms with Crippen LogP contribution >= 0.6 is 0 Å². The van der Waals surface area contributed by atoms with Crippen molar-refractivity contribution < 1.29 is 4.39 Å². The summed E-state index contributed by atoms with van der Waals surface area (Å²) in [6, 6.07) is 7.69. The van der Waals surface area contributed by atoms with Gasteiger partial charge in [-0.15, -0.1) is 0 Å². The van der Waals surface area contributed by atoms with Crippen LogP contribution in [0.5, 0.6) is 0 Å². The van der Waals surface area contributed by atoms with E-state index in [-0.39, 0.29) is 5.82 Å². The predicted molar refractivity (Wildman–Crippen MR) is 83.7 cm³/mol. The van der Waals surface area contributed by atoms with Gasteiger partial charge >= 0.3 is 0 Å². The lowest BCUT2D eigenvalue weighted by Crippen LogP contribution is -2.39. The number of hydrogen-bond donors (Lipinski definition) is 1. The first kappa shape index (κ1) is 15.3. The first-order chi connectivity index (χ1) is 9.70. The predicted octanol–water partition coefficient (Wildman–Crippen LogP) is 3.82. The molecule has 20 heavy (non-hydrogen) atoms. The highest BCUT2D eigenvalue weighted by molar-refractivity contribution is 5.47. The summed E-state index contributed by atoms with van der Waals surface area (Å²) in [6.45, 7) is 7.05. The van der Waals surface area contributed by atoms with E-state index in [9.17, 15) is 4.39 Å². The molecule has 1 aliphatic rings. The zero-order valence-electron chi connectivity index (χ0n) is 12.7. The van der Waals surface area contributed by atoms with Crippen LogP contribution in [-0.4, -0.2) is 25.7 Å². The van der Waals surface area contributed by atoms with Crippen LogP contribution in [0.4, 0.5) is 10.1 Å². The number of benzene rings is 1. The third-order valence-corrected chi connectivity index (χ3v) is 4.33. The zero-order valence-corrected chi connectivity index (χ0v) is 12.7. The molecule has 0 aliphatic heterocycles. The number of nitrogens with zero attached hydrogens (tertiary/aromatic N) is 1. The third kappa shape index (κ3) is 4.20. The maximum atomic E-state index is 13.8. The standard InChI is InChI=1S/C17H27FN2/c1-3-20(17-10-5-4-9-16(17)18)12-11-19-15-8-6-7-14(2)13-15/h4-5,9-10,14-15,19H,3,6-8,11-13H2,1-2H3. The normalized spacial score (nSPS) is 22.8. The van der Waals surface area contributed by atoms with E-state index < -0.39 is 0 Å². The fraction of sp³-hybridized carbons (Fsp3) is 0.647. The smallest absolute Gasteiger partial charge is 0.146 e. The SMILES string of the molecule is CCN(CCNC1CCCC(C)C1)c1ccccc1F. The Labute approximate surface area is 122 Å². The Hall–Kier alpha value is -1.09. The van der Waals surface area contributed by atoms with Crippen LogP contribution in [0, 0.1) is 11.7 Å². The Morgan fingerprint density at radius 2 is 2.10 bits per heavy atom. The second-order valence-electron chi connectivity index (χ2n) is 5.95. The Kier molecular flexibility index (Phi) is 5.84. The number of nitrogens with one attached hydrogen (secondary N) is 1. The maximum absolute atomic E-state index is 13.8. The summed E-state index contributed by atoms with van der Waals surface area (Å²) in [6.07, 6.45) is 5.28. The summed E-state index contributed by atoms with van der Waals surface area (Å²) < 4.78 is 13.8. The fourth-order valence-corrected chi connectivity index (χ4v) is 3.18. The van der Waals surface area contributed by atoms with Gasteiger partial charge < -0.3 is 10.2 Å². The molecule has 2 rings (SSSR count). The van der Waals surface area contributed by atoms with Gasteiger partial charge in [-0.25, -0.2) is 4.39 Å². The van der Waals surface area contributed by atoms with Crippen molar-refractivity contribution >= 4 is 5.69 Å². The quantitative estimate of drug-likeness (QED) is 0.851. The molecule has 1 saturated carbocycles. The van der Waals surface area contributed by atoms with Gasteiger partial charge in [-0.05, 0) is 37.8 Å². The van der Waals surface area contributed by atoms with Gasteiger partial charge in [-0.3, -0.25) is 0 Å². The monoisotopic (exact) mass is 278 g/mol. The van der Waals surface area contributed by atoms with E-state index >= 15 is 0 Å². The van der Waals surface area contributed by atoms with Crippen molar-refractivity contribution in [1.29, 1.82) is 0 Å². The van der Waals surface area contributed by atoms with Crippen molar-refractivity contribution in [1.82, 2.24) is 5.32 Å². The largest absolute Gasteiger partial charge is 0.368 e. The topological polar surface area (TPSA) is 15.3 Å². The molecule has 0 amide bonds. The molecule has 112 valence electrons. The molecule has 2 nitrogen and oxygen atoms in total. The number of halogens is 1. The van der Waals surface area contributed by atoms with Gasteiger partial charge in [0.25, 0.3) is 0 Å². The third-order valence-electron chi connectivity index (χ3n) is 4.33. The Bertz CT molecular complexity index is 408. The van der Waals surface area contributed by atoms with Crippen LogP contribution in [0.2, 0.25) is 0 Å². The molecule has 1 aromatic rings. The minimum Gasteiger partial charge on any atom is -0.368 e. The highest BCUT2D eigenvalue weighted by Gasteiger charge is 2.18. The van der Waals surface area contributed by atoms with Crippen LogP contribution in [0.25, 0.3) is 0 Å². The summed E-state index contributed by atoms with van der Waals surface area (Å²) in [5.74, 6) is 0.718. The van der Waals surface area contributed by atoms with Crippen molar-refractivity contribution in [2.24, 2.45) is 5.92 Å². The molecule has 0 saturated heterocycles. The summed E-state index contributed by atoms with van der Waals surface area (Å²) in [7, 11) is 0. The number of para-hydroxylation sites is 1. The molecule has 1 aromatic carbocycles. The first-order valence-corrected chi connectivity index (χ1v) is 7.93. The molecular weight excluding hydrogens is 251 g/mol. The Balaban J connectivity index is 1.81. The van der Waals surface area contributed by atoms with E-state index in [0.29, 0.717) is 11.7 Å². The van der Waals surface area contributed by atoms with Crippen molar-refractivity contribution in [3.63, 3.8) is 0 Å². The van der Waals surface area contributed by atoms with E-state index in [1.165, 1.54) is 31.7 Å². The number of rotatable bonds is 6. The summed E-state index contributed by atoms with van der Waals surface area (Å²) in [4.78, 5) is 2.11. The fourth-order valence-electron chi connectivity index (χ4n) is 3.18. The molecule has 0 heterocycles. The molecule has 2 atom stereocenters. The van der Waals surface area contributed by atoms with E-state index in [4.69, 9.17) is 0 Å². The van der Waals surface area contributed by atoms with Crippen LogP contribution in [-0.2, 0) is 0 Å². The Morgan fingerprint density at radius 1 is 1.30 bits per heavy atom. The van der Waals surface area contributed by atoms with Crippen molar-refractivity contribution in [3.8, 4) is 0 Å². The molecule has 2 unspecified atom stereocenters. The molecule has 1 fully saturated rings. The van der Waals surface area contributed by atoms with Crippen LogP contribution in [0.3, 0.4) is 0 Å². The Morgan fingerprint density at radius 3 is 2.80 bits per heavy atom. The van der Waals surface area contributed by atoms with Gasteiger partial charge in [0.2, 0.25) is 0 Å². The average Bonchev–Trinajstić information content (AvgIpc) is 2.45. The van der Waals surface area contributed by atoms with Gasteiger partial charge in [-0.2, -0.15) is 0 Å². The molecule has 0 aromatic heterocycles. The molecule has 0 bridgehead atoms. The van der Waals surface area contributed by atoms with E-state index in [1.54, 1.807) is 6.07 Å². The number of anilines is 1. The van der Waals surface area contributed by atoms with E-state index in [0.717, 1.165) is 25.6 Å². The van der Waals surface area contributed by atoms with Gasteiger partial charge in [0.1, 0.15) is 5.82 Å². The van der Waals surface area contributed by atoms with E-state index in [1.807, 2.05) is 12.1 Å². The highest BCUT2D eigenvalue weighted by atomic mass is 19.1. The minimum absolute atomic E-state index is 0.124.